The minimum Gasteiger partial charge on any atom is -0.490 e. The first-order valence-electron chi connectivity index (χ1n) is 14.3. The number of fused-ring (bicyclic) bond motifs is 1. The van der Waals surface area contributed by atoms with Crippen molar-refractivity contribution < 1.29 is 23.8 Å². The Balaban J connectivity index is 1.55. The van der Waals surface area contributed by atoms with Crippen molar-refractivity contribution in [3.63, 3.8) is 0 Å². The number of carbonyl (C=O) groups excluding carboxylic acids is 2. The van der Waals surface area contributed by atoms with Gasteiger partial charge in [0, 0.05) is 39.1 Å². The Hall–Kier alpha value is -3.26. The van der Waals surface area contributed by atoms with E-state index in [1.807, 2.05) is 37.3 Å². The van der Waals surface area contributed by atoms with Crippen molar-refractivity contribution in [1.82, 2.24) is 10.6 Å². The summed E-state index contributed by atoms with van der Waals surface area (Å²) in [4.78, 5) is 26.8. The Morgan fingerprint density at radius 1 is 1.05 bits per heavy atom. The van der Waals surface area contributed by atoms with Crippen molar-refractivity contribution in [2.75, 3.05) is 51.4 Å². The van der Waals surface area contributed by atoms with E-state index < -0.39 is 0 Å². The smallest absolute Gasteiger partial charge is 0.305 e. The molecule has 2 aromatic carbocycles. The van der Waals surface area contributed by atoms with Crippen LogP contribution in [0.2, 0.25) is 0 Å². The number of unbranched alkanes of at least 4 members (excludes halogenated alkanes) is 1. The summed E-state index contributed by atoms with van der Waals surface area (Å²) < 4.78 is 16.9. The lowest BCUT2D eigenvalue weighted by atomic mass is 9.98. The number of anilines is 1. The van der Waals surface area contributed by atoms with E-state index >= 15 is 0 Å². The lowest BCUT2D eigenvalue weighted by Crippen LogP contribution is -2.32. The number of benzene rings is 2. The molecule has 2 N–H and O–H groups in total. The lowest BCUT2D eigenvalue weighted by Gasteiger charge is -2.23. The Labute approximate surface area is 233 Å². The number of para-hydroxylation sites is 2. The summed E-state index contributed by atoms with van der Waals surface area (Å²) in [5, 5.41) is 6.34. The van der Waals surface area contributed by atoms with E-state index in [2.05, 4.69) is 35.4 Å². The van der Waals surface area contributed by atoms with E-state index in [0.717, 1.165) is 61.5 Å². The van der Waals surface area contributed by atoms with Crippen LogP contribution in [-0.4, -0.2) is 64.4 Å². The maximum absolute atomic E-state index is 12.8. The number of ether oxygens (including phenoxy) is 3. The Morgan fingerprint density at radius 3 is 2.49 bits per heavy atom. The van der Waals surface area contributed by atoms with Crippen LogP contribution in [0.4, 0.5) is 5.69 Å². The number of hydrogen-bond donors (Lipinski definition) is 2. The predicted molar refractivity (Wildman–Crippen MR) is 155 cm³/mol. The zero-order valence-corrected chi connectivity index (χ0v) is 24.0. The first kappa shape index (κ1) is 30.3. The van der Waals surface area contributed by atoms with Gasteiger partial charge in [0.2, 0.25) is 0 Å². The zero-order chi connectivity index (χ0) is 28.0. The van der Waals surface area contributed by atoms with Crippen LogP contribution in [0.3, 0.4) is 0 Å². The summed E-state index contributed by atoms with van der Waals surface area (Å²) in [5.41, 5.74) is 4.03. The topological polar surface area (TPSA) is 89.1 Å². The molecule has 0 saturated carbocycles. The molecule has 1 aliphatic heterocycles. The van der Waals surface area contributed by atoms with Crippen molar-refractivity contribution in [2.24, 2.45) is 0 Å². The molecule has 1 heterocycles. The molecule has 1 atom stereocenters. The molecule has 1 unspecified atom stereocenters. The van der Waals surface area contributed by atoms with Gasteiger partial charge in [-0.05, 0) is 68.9 Å². The quantitative estimate of drug-likeness (QED) is 0.226. The summed E-state index contributed by atoms with van der Waals surface area (Å²) in [7, 11) is 1.67. The highest BCUT2D eigenvalue weighted by molar-refractivity contribution is 6.01. The van der Waals surface area contributed by atoms with E-state index in [1.165, 1.54) is 5.56 Å². The summed E-state index contributed by atoms with van der Waals surface area (Å²) in [6.45, 7) is 10.0. The van der Waals surface area contributed by atoms with Crippen LogP contribution in [0.1, 0.15) is 67.9 Å². The molecule has 8 nitrogen and oxygen atoms in total. The number of amides is 1. The fraction of sp³-hybridized carbons (Fsp3) is 0.548. The maximum atomic E-state index is 12.8. The van der Waals surface area contributed by atoms with Crippen LogP contribution >= 0.6 is 0 Å². The summed E-state index contributed by atoms with van der Waals surface area (Å²) in [6.07, 6.45) is 4.89. The molecule has 1 aliphatic rings. The molecule has 0 aliphatic carbocycles. The van der Waals surface area contributed by atoms with Crippen molar-refractivity contribution in [3.8, 4) is 11.5 Å². The highest BCUT2D eigenvalue weighted by Crippen LogP contribution is 2.34. The highest BCUT2D eigenvalue weighted by Gasteiger charge is 2.26. The van der Waals surface area contributed by atoms with Crippen LogP contribution in [0.15, 0.2) is 36.4 Å². The molecule has 0 bridgehead atoms. The second-order valence-corrected chi connectivity index (χ2v) is 9.93. The molecular formula is C31H45N3O5. The number of hydrogen-bond acceptors (Lipinski definition) is 7. The van der Waals surface area contributed by atoms with Gasteiger partial charge < -0.3 is 29.7 Å². The van der Waals surface area contributed by atoms with Gasteiger partial charge in [0.05, 0.1) is 24.5 Å². The third-order valence-corrected chi connectivity index (χ3v) is 6.80. The number of nitrogens with one attached hydrogen (secondary N) is 2. The monoisotopic (exact) mass is 539 g/mol. The van der Waals surface area contributed by atoms with Gasteiger partial charge >= 0.3 is 5.97 Å². The van der Waals surface area contributed by atoms with Gasteiger partial charge in [-0.2, -0.15) is 0 Å². The second kappa shape index (κ2) is 16.0. The van der Waals surface area contributed by atoms with Crippen molar-refractivity contribution in [2.45, 2.75) is 65.3 Å². The van der Waals surface area contributed by atoms with Crippen LogP contribution in [0.5, 0.6) is 11.5 Å². The number of rotatable bonds is 17. The summed E-state index contributed by atoms with van der Waals surface area (Å²) in [5.74, 6) is 1.30. The van der Waals surface area contributed by atoms with E-state index in [0.29, 0.717) is 44.8 Å². The number of carbonyl (C=O) groups is 2. The predicted octanol–water partition coefficient (Wildman–Crippen LogP) is 4.53. The molecule has 1 amide bonds. The molecule has 3 rings (SSSR count). The van der Waals surface area contributed by atoms with Gasteiger partial charge in [0.15, 0.2) is 11.5 Å². The normalized spacial score (nSPS) is 13.1. The van der Waals surface area contributed by atoms with E-state index in [-0.39, 0.29) is 17.9 Å². The van der Waals surface area contributed by atoms with E-state index in [9.17, 15) is 9.59 Å². The van der Waals surface area contributed by atoms with Crippen molar-refractivity contribution >= 4 is 17.6 Å². The average molecular weight is 540 g/mol. The minimum atomic E-state index is -0.171. The largest absolute Gasteiger partial charge is 0.490 e. The van der Waals surface area contributed by atoms with Gasteiger partial charge in [-0.3, -0.25) is 9.59 Å². The minimum absolute atomic E-state index is 0.0841. The lowest BCUT2D eigenvalue weighted by molar-refractivity contribution is -0.143. The van der Waals surface area contributed by atoms with Gasteiger partial charge in [-0.25, -0.2) is 0 Å². The Kier molecular flexibility index (Phi) is 12.4. The van der Waals surface area contributed by atoms with E-state index in [1.54, 1.807) is 7.05 Å². The van der Waals surface area contributed by atoms with E-state index in [4.69, 9.17) is 14.2 Å². The van der Waals surface area contributed by atoms with Crippen molar-refractivity contribution in [1.29, 1.82) is 0 Å². The Morgan fingerprint density at radius 2 is 1.79 bits per heavy atom. The van der Waals surface area contributed by atoms with Gasteiger partial charge in [0.1, 0.15) is 6.61 Å². The molecular weight excluding hydrogens is 494 g/mol. The molecule has 214 valence electrons. The molecule has 0 radical (unpaired) electrons. The fourth-order valence-electron chi connectivity index (χ4n) is 4.90. The number of esters is 1. The third-order valence-electron chi connectivity index (χ3n) is 6.80. The second-order valence-electron chi connectivity index (χ2n) is 9.93. The van der Waals surface area contributed by atoms with Crippen LogP contribution in [-0.2, 0) is 22.4 Å². The molecule has 0 aromatic heterocycles. The maximum Gasteiger partial charge on any atom is 0.305 e. The first-order valence-corrected chi connectivity index (χ1v) is 14.3. The van der Waals surface area contributed by atoms with Crippen LogP contribution < -0.4 is 25.0 Å². The highest BCUT2D eigenvalue weighted by atomic mass is 16.5. The molecule has 2 aromatic rings. The molecule has 39 heavy (non-hydrogen) atoms. The SMILES string of the molecule is CCCCOc1ccccc1OCCNC(C)Cc1cc2c(c(C(=O)NC)c1)N(CCCC(=O)OCC)CC2. The fourth-order valence-corrected chi connectivity index (χ4v) is 4.90. The third kappa shape index (κ3) is 9.17. The zero-order valence-electron chi connectivity index (χ0n) is 24.0. The molecule has 0 saturated heterocycles. The number of nitrogens with zero attached hydrogens (tertiary/aromatic N) is 1. The van der Waals surface area contributed by atoms with Gasteiger partial charge in [0.25, 0.3) is 5.91 Å². The Bertz CT molecular complexity index is 1070. The summed E-state index contributed by atoms with van der Waals surface area (Å²) >= 11 is 0. The average Bonchev–Trinajstić information content (AvgIpc) is 3.34. The standard InChI is InChI=1S/C31H45N3O5/c1-5-7-18-38-27-11-8-9-12-28(27)39-19-15-33-23(3)20-24-21-25-14-17-34(16-10-13-29(35)37-6-2)30(25)26(22-24)31(36)32-4/h8-9,11-12,21-23,33H,5-7,10,13-20H2,1-4H3,(H,32,36). The molecule has 0 spiro atoms. The van der Waals surface area contributed by atoms with Crippen molar-refractivity contribution in [3.05, 3.63) is 53.1 Å². The molecule has 0 fully saturated rings. The van der Waals surface area contributed by atoms with Crippen LogP contribution in [0.25, 0.3) is 0 Å². The van der Waals surface area contributed by atoms with Crippen LogP contribution in [0, 0.1) is 0 Å². The van der Waals surface area contributed by atoms with Gasteiger partial charge in [-0.1, -0.05) is 31.5 Å². The molecule has 8 heteroatoms. The summed E-state index contributed by atoms with van der Waals surface area (Å²) in [6, 6.07) is 12.3. The first-order chi connectivity index (χ1) is 19.0. The van der Waals surface area contributed by atoms with Gasteiger partial charge in [-0.15, -0.1) is 0 Å².